The van der Waals surface area contributed by atoms with Crippen LogP contribution >= 0.6 is 0 Å². The number of nitrogens with zero attached hydrogens (tertiary/aromatic N) is 2. The van der Waals surface area contributed by atoms with Crippen molar-refractivity contribution in [2.75, 3.05) is 13.7 Å². The Morgan fingerprint density at radius 3 is 2.96 bits per heavy atom. The second kappa shape index (κ2) is 8.16. The van der Waals surface area contributed by atoms with Gasteiger partial charge in [-0.1, -0.05) is 30.3 Å². The van der Waals surface area contributed by atoms with Crippen LogP contribution in [0.4, 0.5) is 4.79 Å². The van der Waals surface area contributed by atoms with Gasteiger partial charge in [0.2, 0.25) is 0 Å². The Kier molecular flexibility index (Phi) is 5.71. The van der Waals surface area contributed by atoms with Gasteiger partial charge in [0, 0.05) is 18.4 Å². The lowest BCUT2D eigenvalue weighted by atomic mass is 9.93. The van der Waals surface area contributed by atoms with Gasteiger partial charge in [-0.25, -0.2) is 4.79 Å². The fraction of sp³-hybridized carbons (Fsp3) is 0.474. The van der Waals surface area contributed by atoms with E-state index in [2.05, 4.69) is 32.5 Å². The molecule has 0 bridgehead atoms. The standard InChI is InChI=1S/C19H26N4O2/c1-14(13-25-2)21-19(24)22-17-9-6-10-18-16(17)11-20-23(18)12-15-7-4-3-5-8-15/h3-5,7-8,11,14,17H,6,9-10,12-13H2,1-2H3,(H2,21,22,24)/t14-,17+/m0/s1. The number of benzene rings is 1. The highest BCUT2D eigenvalue weighted by Gasteiger charge is 2.25. The van der Waals surface area contributed by atoms with Crippen molar-refractivity contribution >= 4 is 6.03 Å². The summed E-state index contributed by atoms with van der Waals surface area (Å²) in [6.07, 6.45) is 4.89. The lowest BCUT2D eigenvalue weighted by Gasteiger charge is -2.25. The van der Waals surface area contributed by atoms with Gasteiger partial charge >= 0.3 is 6.03 Å². The molecule has 0 unspecified atom stereocenters. The average molecular weight is 342 g/mol. The molecule has 0 radical (unpaired) electrons. The van der Waals surface area contributed by atoms with Gasteiger partial charge in [-0.2, -0.15) is 5.10 Å². The zero-order valence-corrected chi connectivity index (χ0v) is 14.9. The van der Waals surface area contributed by atoms with Crippen LogP contribution in [0.15, 0.2) is 36.5 Å². The number of rotatable bonds is 6. The van der Waals surface area contributed by atoms with Gasteiger partial charge in [-0.05, 0) is 31.7 Å². The maximum Gasteiger partial charge on any atom is 0.315 e. The number of nitrogens with one attached hydrogen (secondary N) is 2. The molecule has 1 heterocycles. The van der Waals surface area contributed by atoms with Crippen LogP contribution < -0.4 is 10.6 Å². The SMILES string of the molecule is COC[C@H](C)NC(=O)N[C@@H]1CCCc2c1cnn2Cc1ccccc1. The van der Waals surface area contributed by atoms with E-state index in [1.54, 1.807) is 7.11 Å². The van der Waals surface area contributed by atoms with Gasteiger partial charge in [0.25, 0.3) is 0 Å². The number of fused-ring (bicyclic) bond motifs is 1. The van der Waals surface area contributed by atoms with Gasteiger partial charge < -0.3 is 15.4 Å². The molecule has 6 nitrogen and oxygen atoms in total. The Morgan fingerprint density at radius 1 is 1.40 bits per heavy atom. The van der Waals surface area contributed by atoms with Crippen molar-refractivity contribution in [3.05, 3.63) is 53.3 Å². The molecule has 25 heavy (non-hydrogen) atoms. The van der Waals surface area contributed by atoms with E-state index in [0.717, 1.165) is 31.4 Å². The summed E-state index contributed by atoms with van der Waals surface area (Å²) in [5, 5.41) is 10.6. The molecule has 0 fully saturated rings. The maximum absolute atomic E-state index is 12.2. The van der Waals surface area contributed by atoms with Crippen LogP contribution in [-0.4, -0.2) is 35.6 Å². The number of carbonyl (C=O) groups excluding carboxylic acids is 1. The molecule has 0 spiro atoms. The van der Waals surface area contributed by atoms with E-state index in [1.807, 2.05) is 31.3 Å². The third kappa shape index (κ3) is 4.39. The van der Waals surface area contributed by atoms with E-state index < -0.39 is 0 Å². The molecule has 3 rings (SSSR count). The molecule has 2 amide bonds. The summed E-state index contributed by atoms with van der Waals surface area (Å²) >= 11 is 0. The molecule has 1 aromatic heterocycles. The summed E-state index contributed by atoms with van der Waals surface area (Å²) < 4.78 is 7.11. The van der Waals surface area contributed by atoms with Crippen LogP contribution in [0, 0.1) is 0 Å². The minimum Gasteiger partial charge on any atom is -0.383 e. The molecule has 2 aromatic rings. The second-order valence-electron chi connectivity index (χ2n) is 6.61. The summed E-state index contributed by atoms with van der Waals surface area (Å²) in [6, 6.07) is 10.2. The van der Waals surface area contributed by atoms with Crippen molar-refractivity contribution in [2.24, 2.45) is 0 Å². The van der Waals surface area contributed by atoms with Gasteiger partial charge in [0.15, 0.2) is 0 Å². The van der Waals surface area contributed by atoms with E-state index in [4.69, 9.17) is 4.74 Å². The number of amides is 2. The number of ether oxygens (including phenoxy) is 1. The predicted molar refractivity (Wildman–Crippen MR) is 96.5 cm³/mol. The summed E-state index contributed by atoms with van der Waals surface area (Å²) in [7, 11) is 1.63. The quantitative estimate of drug-likeness (QED) is 0.848. The smallest absolute Gasteiger partial charge is 0.315 e. The summed E-state index contributed by atoms with van der Waals surface area (Å²) in [5.74, 6) is 0. The van der Waals surface area contributed by atoms with Crippen LogP contribution in [0.25, 0.3) is 0 Å². The Hall–Kier alpha value is -2.34. The molecular weight excluding hydrogens is 316 g/mol. The Bertz CT molecular complexity index is 699. The third-order valence-corrected chi connectivity index (χ3v) is 4.54. The van der Waals surface area contributed by atoms with Crippen molar-refractivity contribution in [2.45, 2.75) is 44.8 Å². The van der Waals surface area contributed by atoms with Gasteiger partial charge in [-0.15, -0.1) is 0 Å². The molecule has 134 valence electrons. The van der Waals surface area contributed by atoms with Gasteiger partial charge in [0.05, 0.1) is 31.4 Å². The van der Waals surface area contributed by atoms with Gasteiger partial charge in [0.1, 0.15) is 0 Å². The van der Waals surface area contributed by atoms with E-state index in [9.17, 15) is 4.79 Å². The summed E-state index contributed by atoms with van der Waals surface area (Å²) in [4.78, 5) is 12.2. The van der Waals surface area contributed by atoms with Crippen LogP contribution in [0.1, 0.15) is 42.6 Å². The first-order valence-corrected chi connectivity index (χ1v) is 8.82. The van der Waals surface area contributed by atoms with E-state index in [-0.39, 0.29) is 18.1 Å². The van der Waals surface area contributed by atoms with Crippen LogP contribution in [-0.2, 0) is 17.7 Å². The van der Waals surface area contributed by atoms with Crippen LogP contribution in [0.2, 0.25) is 0 Å². The zero-order chi connectivity index (χ0) is 17.6. The minimum atomic E-state index is -0.154. The second-order valence-corrected chi connectivity index (χ2v) is 6.61. The minimum absolute atomic E-state index is 0.0167. The summed E-state index contributed by atoms with van der Waals surface area (Å²) in [6.45, 7) is 3.19. The van der Waals surface area contributed by atoms with Gasteiger partial charge in [-0.3, -0.25) is 4.68 Å². The fourth-order valence-corrected chi connectivity index (χ4v) is 3.38. The molecule has 2 N–H and O–H groups in total. The van der Waals surface area contributed by atoms with E-state index in [1.165, 1.54) is 11.3 Å². The molecule has 0 saturated heterocycles. The number of hydrogen-bond acceptors (Lipinski definition) is 3. The van der Waals surface area contributed by atoms with E-state index in [0.29, 0.717) is 6.61 Å². The molecule has 1 aliphatic carbocycles. The molecule has 1 aromatic carbocycles. The first kappa shape index (κ1) is 17.5. The van der Waals surface area contributed by atoms with Crippen molar-refractivity contribution in [3.8, 4) is 0 Å². The first-order valence-electron chi connectivity index (χ1n) is 8.82. The average Bonchev–Trinajstić information content (AvgIpc) is 3.00. The highest BCUT2D eigenvalue weighted by atomic mass is 16.5. The number of carbonyl (C=O) groups is 1. The molecule has 1 aliphatic rings. The summed E-state index contributed by atoms with van der Waals surface area (Å²) in [5.41, 5.74) is 3.59. The molecule has 2 atom stereocenters. The van der Waals surface area contributed by atoms with Crippen molar-refractivity contribution in [1.29, 1.82) is 0 Å². The van der Waals surface area contributed by atoms with Crippen LogP contribution in [0.5, 0.6) is 0 Å². The zero-order valence-electron chi connectivity index (χ0n) is 14.9. The largest absolute Gasteiger partial charge is 0.383 e. The highest BCUT2D eigenvalue weighted by molar-refractivity contribution is 5.74. The van der Waals surface area contributed by atoms with Crippen molar-refractivity contribution in [3.63, 3.8) is 0 Å². The lowest BCUT2D eigenvalue weighted by molar-refractivity contribution is 0.170. The Labute approximate surface area is 148 Å². The molecule has 6 heteroatoms. The monoisotopic (exact) mass is 342 g/mol. The number of hydrogen-bond donors (Lipinski definition) is 2. The van der Waals surface area contributed by atoms with Crippen molar-refractivity contribution in [1.82, 2.24) is 20.4 Å². The third-order valence-electron chi connectivity index (χ3n) is 4.54. The normalized spacial score (nSPS) is 17.6. The topological polar surface area (TPSA) is 68.2 Å². The predicted octanol–water partition coefficient (Wildman–Crippen LogP) is 2.64. The van der Waals surface area contributed by atoms with E-state index >= 15 is 0 Å². The molecule has 0 saturated carbocycles. The van der Waals surface area contributed by atoms with Crippen molar-refractivity contribution < 1.29 is 9.53 Å². The number of methoxy groups -OCH3 is 1. The maximum atomic E-state index is 12.2. The van der Waals surface area contributed by atoms with Crippen LogP contribution in [0.3, 0.4) is 0 Å². The Balaban J connectivity index is 1.67. The molecule has 0 aliphatic heterocycles. The first-order chi connectivity index (χ1) is 12.2. The Morgan fingerprint density at radius 2 is 2.20 bits per heavy atom. The molecular formula is C19H26N4O2. The number of urea groups is 1. The lowest BCUT2D eigenvalue weighted by Crippen LogP contribution is -2.44. The number of aromatic nitrogens is 2. The fourth-order valence-electron chi connectivity index (χ4n) is 3.38. The highest BCUT2D eigenvalue weighted by Crippen LogP contribution is 2.29.